The van der Waals surface area contributed by atoms with E-state index < -0.39 is 10.1 Å². The Hall–Kier alpha value is -2.12. The van der Waals surface area contributed by atoms with Crippen molar-refractivity contribution in [2.24, 2.45) is 0 Å². The van der Waals surface area contributed by atoms with Gasteiger partial charge in [-0.1, -0.05) is 44.2 Å². The van der Waals surface area contributed by atoms with Gasteiger partial charge >= 0.3 is 10.1 Å². The number of nitrogen functional groups attached to an aromatic ring is 1. The van der Waals surface area contributed by atoms with Crippen LogP contribution in [0.2, 0.25) is 0 Å². The molecule has 2 aromatic carbocycles. The highest BCUT2D eigenvalue weighted by atomic mass is 32.2. The van der Waals surface area contributed by atoms with Gasteiger partial charge in [0.15, 0.2) is 5.13 Å². The Morgan fingerprint density at radius 2 is 1.75 bits per heavy atom. The Balaban J connectivity index is 1.89. The fourth-order valence-corrected chi connectivity index (χ4v) is 3.93. The number of aromatic nitrogens is 1. The molecule has 0 bridgehead atoms. The molecule has 0 saturated heterocycles. The number of hydrogen-bond donors (Lipinski definition) is 1. The van der Waals surface area contributed by atoms with Crippen molar-refractivity contribution in [2.75, 3.05) is 5.73 Å². The second kappa shape index (κ2) is 5.75. The number of benzene rings is 2. The largest absolute Gasteiger partial charge is 0.379 e. The molecule has 0 aliphatic carbocycles. The van der Waals surface area contributed by atoms with E-state index in [1.54, 1.807) is 18.2 Å². The summed E-state index contributed by atoms with van der Waals surface area (Å²) in [4.78, 5) is 4.17. The molecule has 0 spiro atoms. The molecule has 24 heavy (non-hydrogen) atoms. The van der Waals surface area contributed by atoms with Gasteiger partial charge in [0.2, 0.25) is 0 Å². The third-order valence-electron chi connectivity index (χ3n) is 3.59. The fourth-order valence-electron chi connectivity index (χ4n) is 2.27. The maximum absolute atomic E-state index is 12.5. The average Bonchev–Trinajstić information content (AvgIpc) is 2.85. The van der Waals surface area contributed by atoms with Gasteiger partial charge in [-0.05, 0) is 41.3 Å². The van der Waals surface area contributed by atoms with Crippen LogP contribution in [0.1, 0.15) is 26.3 Å². The molecule has 0 amide bonds. The van der Waals surface area contributed by atoms with E-state index in [9.17, 15) is 8.42 Å². The standard InChI is InChI=1S/C17H18N2O3S2/c1-17(2,3)11-4-6-12(7-5-11)22-24(20,21)13-8-9-15-14(10-13)19-16(18)23-15/h4-10H,1-3H3,(H2,18,19). The smallest absolute Gasteiger partial charge is 0.339 e. The summed E-state index contributed by atoms with van der Waals surface area (Å²) >= 11 is 1.31. The van der Waals surface area contributed by atoms with Gasteiger partial charge in [-0.25, -0.2) is 4.98 Å². The second-order valence-electron chi connectivity index (χ2n) is 6.49. The lowest BCUT2D eigenvalue weighted by atomic mass is 9.87. The van der Waals surface area contributed by atoms with Gasteiger partial charge in [0, 0.05) is 0 Å². The highest BCUT2D eigenvalue weighted by molar-refractivity contribution is 7.87. The molecule has 126 valence electrons. The number of nitrogens with zero attached hydrogens (tertiary/aromatic N) is 1. The Morgan fingerprint density at radius 1 is 1.08 bits per heavy atom. The molecule has 0 radical (unpaired) electrons. The molecular weight excluding hydrogens is 344 g/mol. The predicted octanol–water partition coefficient (Wildman–Crippen LogP) is 3.94. The van der Waals surface area contributed by atoms with Crippen molar-refractivity contribution >= 4 is 36.8 Å². The lowest BCUT2D eigenvalue weighted by Crippen LogP contribution is -2.12. The van der Waals surface area contributed by atoms with Crippen LogP contribution in [0.5, 0.6) is 5.75 Å². The van der Waals surface area contributed by atoms with E-state index in [0.717, 1.165) is 10.3 Å². The normalized spacial score (nSPS) is 12.5. The van der Waals surface area contributed by atoms with Gasteiger partial charge < -0.3 is 9.92 Å². The summed E-state index contributed by atoms with van der Waals surface area (Å²) in [5, 5.41) is 0.401. The van der Waals surface area contributed by atoms with Gasteiger partial charge in [-0.2, -0.15) is 8.42 Å². The van der Waals surface area contributed by atoms with Crippen LogP contribution < -0.4 is 9.92 Å². The number of rotatable bonds is 3. The molecule has 1 heterocycles. The molecule has 0 unspecified atom stereocenters. The van der Waals surface area contributed by atoms with E-state index in [4.69, 9.17) is 9.92 Å². The van der Waals surface area contributed by atoms with Crippen molar-refractivity contribution in [3.63, 3.8) is 0 Å². The Morgan fingerprint density at radius 3 is 2.38 bits per heavy atom. The first-order valence-electron chi connectivity index (χ1n) is 7.36. The quantitative estimate of drug-likeness (QED) is 0.714. The first-order chi connectivity index (χ1) is 11.1. The molecule has 0 aliphatic heterocycles. The van der Waals surface area contributed by atoms with Gasteiger partial charge in [0.05, 0.1) is 10.2 Å². The Bertz CT molecular complexity index is 985. The molecule has 2 N–H and O–H groups in total. The molecule has 7 heteroatoms. The Labute approximate surface area is 145 Å². The zero-order valence-electron chi connectivity index (χ0n) is 13.6. The second-order valence-corrected chi connectivity index (χ2v) is 9.10. The third-order valence-corrected chi connectivity index (χ3v) is 5.70. The maximum Gasteiger partial charge on any atom is 0.339 e. The third kappa shape index (κ3) is 3.37. The zero-order valence-corrected chi connectivity index (χ0v) is 15.2. The maximum atomic E-state index is 12.5. The molecule has 1 aromatic heterocycles. The van der Waals surface area contributed by atoms with Crippen molar-refractivity contribution in [3.8, 4) is 5.75 Å². The number of fused-ring (bicyclic) bond motifs is 1. The van der Waals surface area contributed by atoms with Gasteiger partial charge in [-0.15, -0.1) is 0 Å². The average molecular weight is 362 g/mol. The molecule has 3 aromatic rings. The van der Waals surface area contributed by atoms with E-state index >= 15 is 0 Å². The fraction of sp³-hybridized carbons (Fsp3) is 0.235. The van der Waals surface area contributed by atoms with E-state index in [1.807, 2.05) is 12.1 Å². The van der Waals surface area contributed by atoms with Crippen molar-refractivity contribution in [2.45, 2.75) is 31.1 Å². The summed E-state index contributed by atoms with van der Waals surface area (Å²) in [6.07, 6.45) is 0. The zero-order chi connectivity index (χ0) is 17.5. The lowest BCUT2D eigenvalue weighted by molar-refractivity contribution is 0.485. The Kier molecular flexibility index (Phi) is 4.01. The highest BCUT2D eigenvalue weighted by Crippen LogP contribution is 2.28. The van der Waals surface area contributed by atoms with Crippen molar-refractivity contribution in [3.05, 3.63) is 48.0 Å². The van der Waals surface area contributed by atoms with Crippen LogP contribution in [-0.4, -0.2) is 13.4 Å². The van der Waals surface area contributed by atoms with Gasteiger partial charge in [0.25, 0.3) is 0 Å². The molecular formula is C17H18N2O3S2. The summed E-state index contributed by atoms with van der Waals surface area (Å²) in [6.45, 7) is 6.27. The number of thiazole rings is 1. The minimum absolute atomic E-state index is 0.00695. The van der Waals surface area contributed by atoms with E-state index in [0.29, 0.717) is 10.6 Å². The monoisotopic (exact) mass is 362 g/mol. The lowest BCUT2D eigenvalue weighted by Gasteiger charge is -2.19. The molecule has 0 fully saturated rings. The van der Waals surface area contributed by atoms with Gasteiger partial charge in [-0.3, -0.25) is 0 Å². The molecule has 0 aliphatic rings. The van der Waals surface area contributed by atoms with E-state index in [-0.39, 0.29) is 16.1 Å². The van der Waals surface area contributed by atoms with Crippen LogP contribution in [-0.2, 0) is 15.5 Å². The van der Waals surface area contributed by atoms with Crippen molar-refractivity contribution < 1.29 is 12.6 Å². The molecule has 0 saturated carbocycles. The van der Waals surface area contributed by atoms with E-state index in [2.05, 4.69) is 25.8 Å². The molecule has 0 atom stereocenters. The van der Waals surface area contributed by atoms with Crippen LogP contribution in [0, 0.1) is 0 Å². The van der Waals surface area contributed by atoms with E-state index in [1.165, 1.54) is 23.5 Å². The first kappa shape index (κ1) is 16.7. The summed E-state index contributed by atoms with van der Waals surface area (Å²) in [5.74, 6) is 0.279. The van der Waals surface area contributed by atoms with Crippen LogP contribution in [0.4, 0.5) is 5.13 Å². The van der Waals surface area contributed by atoms with Crippen LogP contribution in [0.25, 0.3) is 10.2 Å². The molecule has 5 nitrogen and oxygen atoms in total. The summed E-state index contributed by atoms with van der Waals surface area (Å²) in [6, 6.07) is 11.7. The number of nitrogens with two attached hydrogens (primary N) is 1. The van der Waals surface area contributed by atoms with Crippen LogP contribution in [0.3, 0.4) is 0 Å². The van der Waals surface area contributed by atoms with Crippen LogP contribution in [0.15, 0.2) is 47.4 Å². The highest BCUT2D eigenvalue weighted by Gasteiger charge is 2.19. The summed E-state index contributed by atoms with van der Waals surface area (Å²) in [5.41, 5.74) is 7.29. The topological polar surface area (TPSA) is 82.3 Å². The predicted molar refractivity (Wildman–Crippen MR) is 97.0 cm³/mol. The minimum atomic E-state index is -3.92. The van der Waals surface area contributed by atoms with Crippen molar-refractivity contribution in [1.82, 2.24) is 4.98 Å². The van der Waals surface area contributed by atoms with Crippen molar-refractivity contribution in [1.29, 1.82) is 0 Å². The summed E-state index contributed by atoms with van der Waals surface area (Å²) < 4.78 is 31.0. The minimum Gasteiger partial charge on any atom is -0.379 e. The van der Waals surface area contributed by atoms with Gasteiger partial charge in [0.1, 0.15) is 10.6 Å². The van der Waals surface area contributed by atoms with Crippen LogP contribution >= 0.6 is 11.3 Å². The SMILES string of the molecule is CC(C)(C)c1ccc(OS(=O)(=O)c2ccc3sc(N)nc3c2)cc1. The number of anilines is 1. The first-order valence-corrected chi connectivity index (χ1v) is 9.59. The summed E-state index contributed by atoms with van der Waals surface area (Å²) in [7, 11) is -3.92. The number of hydrogen-bond acceptors (Lipinski definition) is 6. The molecule has 3 rings (SSSR count).